The third-order valence-electron chi connectivity index (χ3n) is 4.13. The maximum absolute atomic E-state index is 12.8. The van der Waals surface area contributed by atoms with Crippen LogP contribution in [0.5, 0.6) is 11.5 Å². The van der Waals surface area contributed by atoms with Crippen molar-refractivity contribution in [2.45, 2.75) is 0 Å². The van der Waals surface area contributed by atoms with Crippen molar-refractivity contribution in [3.05, 3.63) is 84.6 Å². The second kappa shape index (κ2) is 11.1. The summed E-state index contributed by atoms with van der Waals surface area (Å²) < 4.78 is 6.29. The van der Waals surface area contributed by atoms with Gasteiger partial charge in [0.2, 0.25) is 0 Å². The topological polar surface area (TPSA) is 100 Å². The van der Waals surface area contributed by atoms with Gasteiger partial charge < -0.3 is 15.2 Å². The number of amides is 2. The molecule has 7 nitrogen and oxygen atoms in total. The van der Waals surface area contributed by atoms with Gasteiger partial charge in [0.05, 0.1) is 18.9 Å². The Kier molecular flexibility index (Phi) is 8.20. The summed E-state index contributed by atoms with van der Waals surface area (Å²) in [6.07, 6.45) is 2.83. The highest BCUT2D eigenvalue weighted by Crippen LogP contribution is 2.39. The Morgan fingerprint density at radius 1 is 1.16 bits per heavy atom. The first-order valence-electron chi connectivity index (χ1n) is 9.10. The van der Waals surface area contributed by atoms with Crippen LogP contribution in [0.15, 0.2) is 73.7 Å². The Labute approximate surface area is 205 Å². The molecule has 0 spiro atoms. The van der Waals surface area contributed by atoms with Crippen molar-refractivity contribution >= 4 is 67.3 Å². The van der Waals surface area contributed by atoms with E-state index < -0.39 is 11.8 Å². The van der Waals surface area contributed by atoms with Gasteiger partial charge in [-0.25, -0.2) is 5.43 Å². The summed E-state index contributed by atoms with van der Waals surface area (Å²) in [6, 6.07) is 13.8. The molecule has 0 unspecified atom stereocenters. The molecule has 0 bridgehead atoms. The molecule has 164 valence electrons. The first-order chi connectivity index (χ1) is 15.4. The number of methoxy groups -OCH3 is 1. The smallest absolute Gasteiger partial charge is 0.287 e. The van der Waals surface area contributed by atoms with Gasteiger partial charge >= 0.3 is 0 Å². The quantitative estimate of drug-likeness (QED) is 0.211. The number of phenolic OH excluding ortho intramolecular Hbond substituents is 1. The molecule has 0 saturated heterocycles. The van der Waals surface area contributed by atoms with Crippen LogP contribution in [0.1, 0.15) is 20.8 Å². The van der Waals surface area contributed by atoms with Crippen LogP contribution < -0.4 is 15.5 Å². The lowest BCUT2D eigenvalue weighted by Gasteiger charge is -2.10. The van der Waals surface area contributed by atoms with Crippen LogP contribution in [0.4, 0.5) is 0 Å². The van der Waals surface area contributed by atoms with E-state index in [9.17, 15) is 14.7 Å². The lowest BCUT2D eigenvalue weighted by Crippen LogP contribution is -2.32. The molecule has 0 fully saturated rings. The molecule has 3 aromatic rings. The second-order valence-electron chi connectivity index (χ2n) is 6.23. The third-order valence-corrected chi connectivity index (χ3v) is 6.96. The summed E-state index contributed by atoms with van der Waals surface area (Å²) in [5, 5.41) is 18.8. The average molecular weight is 579 g/mol. The summed E-state index contributed by atoms with van der Waals surface area (Å²) in [5.41, 5.74) is 3.11. The monoisotopic (exact) mass is 577 g/mol. The minimum Gasteiger partial charge on any atom is -0.504 e. The number of thiophene rings is 1. The molecule has 10 heteroatoms. The summed E-state index contributed by atoms with van der Waals surface area (Å²) in [5.74, 6) is -0.963. The molecule has 3 N–H and O–H groups in total. The fraction of sp³-hybridized carbons (Fsp3) is 0.0455. The van der Waals surface area contributed by atoms with Gasteiger partial charge in [-0.1, -0.05) is 24.3 Å². The highest BCUT2D eigenvalue weighted by molar-refractivity contribution is 9.13. The van der Waals surface area contributed by atoms with Crippen molar-refractivity contribution in [3.63, 3.8) is 0 Å². The Balaban J connectivity index is 1.82. The SMILES string of the molecule is COc1cc(Br)c(Br)c(/C=N/NC(=O)/C(=C\c2cccs2)NC(=O)c2ccccc2)c1O. The molecular weight excluding hydrogens is 562 g/mol. The van der Waals surface area contributed by atoms with Crippen LogP contribution in [-0.2, 0) is 4.79 Å². The highest BCUT2D eigenvalue weighted by atomic mass is 79.9. The maximum atomic E-state index is 12.8. The van der Waals surface area contributed by atoms with Crippen molar-refractivity contribution < 1.29 is 19.4 Å². The minimum absolute atomic E-state index is 0.0218. The molecule has 0 radical (unpaired) electrons. The van der Waals surface area contributed by atoms with E-state index in [1.807, 2.05) is 17.5 Å². The summed E-state index contributed by atoms with van der Waals surface area (Å²) in [6.45, 7) is 0. The molecule has 3 rings (SSSR count). The molecular formula is C22H17Br2N3O4S. The molecule has 32 heavy (non-hydrogen) atoms. The number of hydrogen-bond acceptors (Lipinski definition) is 6. The lowest BCUT2D eigenvalue weighted by molar-refractivity contribution is -0.117. The average Bonchev–Trinajstić information content (AvgIpc) is 3.31. The Morgan fingerprint density at radius 3 is 2.56 bits per heavy atom. The van der Waals surface area contributed by atoms with Crippen molar-refractivity contribution in [2.75, 3.05) is 7.11 Å². The van der Waals surface area contributed by atoms with Crippen LogP contribution in [0.25, 0.3) is 6.08 Å². The predicted molar refractivity (Wildman–Crippen MR) is 132 cm³/mol. The number of ether oxygens (including phenoxy) is 1. The van der Waals surface area contributed by atoms with Crippen molar-refractivity contribution in [1.29, 1.82) is 0 Å². The Morgan fingerprint density at radius 2 is 1.91 bits per heavy atom. The number of halogens is 2. The van der Waals surface area contributed by atoms with Crippen LogP contribution in [0.3, 0.4) is 0 Å². The van der Waals surface area contributed by atoms with Crippen LogP contribution >= 0.6 is 43.2 Å². The van der Waals surface area contributed by atoms with Gasteiger partial charge in [0.1, 0.15) is 5.70 Å². The predicted octanol–water partition coefficient (Wildman–Crippen LogP) is 4.91. The number of nitrogens with one attached hydrogen (secondary N) is 2. The van der Waals surface area contributed by atoms with Gasteiger partial charge in [0.15, 0.2) is 11.5 Å². The number of rotatable bonds is 7. The fourth-order valence-corrected chi connectivity index (χ4v) is 4.04. The number of benzene rings is 2. The molecule has 1 heterocycles. The highest BCUT2D eigenvalue weighted by Gasteiger charge is 2.16. The maximum Gasteiger partial charge on any atom is 0.287 e. The first kappa shape index (κ1) is 23.7. The van der Waals surface area contributed by atoms with E-state index in [0.29, 0.717) is 20.1 Å². The van der Waals surface area contributed by atoms with Crippen LogP contribution in [0.2, 0.25) is 0 Å². The van der Waals surface area contributed by atoms with Crippen molar-refractivity contribution in [1.82, 2.24) is 10.7 Å². The number of nitrogens with zero attached hydrogens (tertiary/aromatic N) is 1. The fourth-order valence-electron chi connectivity index (χ4n) is 2.56. The first-order valence-corrected chi connectivity index (χ1v) is 11.6. The molecule has 0 saturated carbocycles. The standard InChI is InChI=1S/C22H17Br2N3O4S/c1-31-18-11-16(23)19(24)15(20(18)28)12-25-27-22(30)17(10-14-8-5-9-32-14)26-21(29)13-6-3-2-4-7-13/h2-12,28H,1H3,(H,26,29)(H,27,30)/b17-10+,25-12+. The molecule has 0 atom stereocenters. The molecule has 2 aromatic carbocycles. The number of carbonyl (C=O) groups excluding carboxylic acids is 2. The zero-order valence-electron chi connectivity index (χ0n) is 16.6. The third kappa shape index (κ3) is 5.84. The molecule has 0 aliphatic carbocycles. The van der Waals surface area contributed by atoms with Crippen LogP contribution in [-0.4, -0.2) is 30.2 Å². The van der Waals surface area contributed by atoms with Crippen molar-refractivity contribution in [2.24, 2.45) is 5.10 Å². The number of phenols is 1. The van der Waals surface area contributed by atoms with Crippen LogP contribution in [0, 0.1) is 0 Å². The van der Waals surface area contributed by atoms with E-state index in [1.165, 1.54) is 24.7 Å². The number of aromatic hydroxyl groups is 1. The molecule has 1 aromatic heterocycles. The van der Waals surface area contributed by atoms with E-state index in [0.717, 1.165) is 4.88 Å². The number of carbonyl (C=O) groups is 2. The lowest BCUT2D eigenvalue weighted by atomic mass is 10.2. The molecule has 0 aliphatic heterocycles. The van der Waals surface area contributed by atoms with E-state index >= 15 is 0 Å². The molecule has 2 amide bonds. The van der Waals surface area contributed by atoms with Gasteiger partial charge in [0.25, 0.3) is 11.8 Å². The zero-order chi connectivity index (χ0) is 23.1. The van der Waals surface area contributed by atoms with Gasteiger partial charge in [-0.05, 0) is 67.6 Å². The Hall–Kier alpha value is -2.95. The normalized spacial score (nSPS) is 11.4. The number of hydrogen-bond donors (Lipinski definition) is 3. The van der Waals surface area contributed by atoms with Gasteiger partial charge in [-0.3, -0.25) is 9.59 Å². The Bertz CT molecular complexity index is 1180. The number of hydrazone groups is 1. The summed E-state index contributed by atoms with van der Waals surface area (Å²) in [4.78, 5) is 26.1. The minimum atomic E-state index is -0.628. The zero-order valence-corrected chi connectivity index (χ0v) is 20.6. The van der Waals surface area contributed by atoms with E-state index in [4.69, 9.17) is 4.74 Å². The van der Waals surface area contributed by atoms with Crippen molar-refractivity contribution in [3.8, 4) is 11.5 Å². The van der Waals surface area contributed by atoms with Gasteiger partial charge in [-0.15, -0.1) is 11.3 Å². The second-order valence-corrected chi connectivity index (χ2v) is 8.86. The van der Waals surface area contributed by atoms with Gasteiger partial charge in [-0.2, -0.15) is 5.10 Å². The largest absolute Gasteiger partial charge is 0.504 e. The van der Waals surface area contributed by atoms with E-state index in [2.05, 4.69) is 47.7 Å². The van der Waals surface area contributed by atoms with Gasteiger partial charge in [0, 0.05) is 19.4 Å². The summed E-state index contributed by atoms with van der Waals surface area (Å²) >= 11 is 8.13. The molecule has 0 aliphatic rings. The summed E-state index contributed by atoms with van der Waals surface area (Å²) in [7, 11) is 1.43. The van der Waals surface area contributed by atoms with E-state index in [-0.39, 0.29) is 17.2 Å². The van der Waals surface area contributed by atoms with E-state index in [1.54, 1.807) is 42.5 Å².